The first-order valence-electron chi connectivity index (χ1n) is 19.7. The second-order valence-electron chi connectivity index (χ2n) is 15.4. The molecule has 4 heteroatoms. The lowest BCUT2D eigenvalue weighted by Crippen LogP contribution is -2.40. The minimum Gasteiger partial charge on any atom is -0.546 e. The van der Waals surface area contributed by atoms with E-state index in [4.69, 9.17) is 4.43 Å². The van der Waals surface area contributed by atoms with Crippen molar-refractivity contribution in [3.63, 3.8) is 0 Å². The van der Waals surface area contributed by atoms with Crippen LogP contribution in [0, 0.1) is 0 Å². The van der Waals surface area contributed by atoms with Crippen molar-refractivity contribution >= 4 is 14.3 Å². The van der Waals surface area contributed by atoms with Crippen LogP contribution in [0.2, 0.25) is 18.1 Å². The van der Waals surface area contributed by atoms with Crippen LogP contribution in [0.3, 0.4) is 0 Å². The lowest BCUT2D eigenvalue weighted by Gasteiger charge is -2.38. The van der Waals surface area contributed by atoms with Crippen molar-refractivity contribution in [2.75, 3.05) is 0 Å². The maximum absolute atomic E-state index is 12.4. The fraction of sp³-hybridized carbons (Fsp3) is 0.925. The highest BCUT2D eigenvalue weighted by molar-refractivity contribution is 6.74. The van der Waals surface area contributed by atoms with Crippen LogP contribution in [0.5, 0.6) is 0 Å². The Kier molecular flexibility index (Phi) is 27.9. The molecule has 0 aromatic heterocycles. The van der Waals surface area contributed by atoms with E-state index >= 15 is 0 Å². The predicted octanol–water partition coefficient (Wildman–Crippen LogP) is 14.7. The largest absolute Gasteiger partial charge is 0.546 e. The van der Waals surface area contributed by atoms with Crippen molar-refractivity contribution in [2.24, 2.45) is 0 Å². The zero-order valence-electron chi connectivity index (χ0n) is 31.3. The van der Waals surface area contributed by atoms with Crippen molar-refractivity contribution in [1.82, 2.24) is 0 Å². The Morgan fingerprint density at radius 2 is 0.773 bits per heavy atom. The summed E-state index contributed by atoms with van der Waals surface area (Å²) in [4.78, 5) is 12.4. The summed E-state index contributed by atoms with van der Waals surface area (Å²) in [6, 6.07) is 0. The number of allylic oxidation sites excluding steroid dienone is 1. The molecule has 262 valence electrons. The van der Waals surface area contributed by atoms with Gasteiger partial charge in [0.25, 0.3) is 0 Å². The zero-order valence-corrected chi connectivity index (χ0v) is 32.3. The molecule has 0 heterocycles. The van der Waals surface area contributed by atoms with Gasteiger partial charge in [0.1, 0.15) is 0 Å². The molecular formula is C40H80O3Si. The molecule has 0 radical (unpaired) electrons. The van der Waals surface area contributed by atoms with Crippen LogP contribution >= 0.6 is 0 Å². The molecule has 0 aliphatic rings. The number of rotatable bonds is 32. The summed E-state index contributed by atoms with van der Waals surface area (Å²) in [5.41, 5.74) is 0.562. The maximum atomic E-state index is 12.4. The first-order chi connectivity index (χ1) is 21.1. The van der Waals surface area contributed by atoms with Gasteiger partial charge in [0.15, 0.2) is 0 Å². The number of unbranched alkanes of at least 4 members (excludes halogenated alkanes) is 25. The van der Waals surface area contributed by atoms with E-state index in [0.29, 0.717) is 12.0 Å². The molecule has 0 rings (SSSR count). The van der Waals surface area contributed by atoms with Crippen molar-refractivity contribution < 1.29 is 14.3 Å². The molecular weight excluding hydrogens is 557 g/mol. The van der Waals surface area contributed by atoms with Gasteiger partial charge in [-0.2, -0.15) is 0 Å². The first kappa shape index (κ1) is 43.2. The number of hydrogen-bond acceptors (Lipinski definition) is 2. The molecule has 3 nitrogen and oxygen atoms in total. The molecule has 0 saturated carbocycles. The molecule has 0 bridgehead atoms. The Balaban J connectivity index is 4.50. The summed E-state index contributed by atoms with van der Waals surface area (Å²) >= 11 is 0. The van der Waals surface area contributed by atoms with Gasteiger partial charge >= 0.3 is 5.97 Å². The second kappa shape index (κ2) is 28.4. The van der Waals surface area contributed by atoms with Crippen LogP contribution in [-0.2, 0) is 9.22 Å². The third-order valence-electron chi connectivity index (χ3n) is 10.1. The van der Waals surface area contributed by atoms with E-state index in [-0.39, 0.29) is 5.04 Å². The smallest absolute Gasteiger partial charge is 0.334 e. The third-order valence-corrected chi connectivity index (χ3v) is 14.4. The SMILES string of the molecule is CCCCCCCCCCCCCCCCCC(O[Si](C)(C)C(C)(C)C)=C(CCCCCCCCCCCCCC)C(=O)O. The van der Waals surface area contributed by atoms with Crippen LogP contribution in [0.15, 0.2) is 11.3 Å². The highest BCUT2D eigenvalue weighted by Gasteiger charge is 2.40. The second-order valence-corrected chi connectivity index (χ2v) is 20.1. The van der Waals surface area contributed by atoms with E-state index in [0.717, 1.165) is 31.4 Å². The highest BCUT2D eigenvalue weighted by Crippen LogP contribution is 2.39. The lowest BCUT2D eigenvalue weighted by atomic mass is 10.0. The number of carboxylic acids is 1. The summed E-state index contributed by atoms with van der Waals surface area (Å²) in [7, 11) is -2.09. The minimum absolute atomic E-state index is 0.0624. The first-order valence-corrected chi connectivity index (χ1v) is 22.6. The van der Waals surface area contributed by atoms with Crippen LogP contribution in [0.1, 0.15) is 221 Å². The standard InChI is InChI=1S/C40H80O3Si/c1-8-10-12-14-16-18-20-22-23-24-26-28-30-32-34-36-38(43-44(6,7)40(3,4)5)37(39(41)42)35-33-31-29-27-25-21-19-17-15-13-11-9-2/h8-36H2,1-7H3,(H,41,42). The number of hydrogen-bond donors (Lipinski definition) is 1. The fourth-order valence-electron chi connectivity index (χ4n) is 5.89. The monoisotopic (exact) mass is 637 g/mol. The molecule has 0 saturated heterocycles. The van der Waals surface area contributed by atoms with E-state index in [1.807, 2.05) is 0 Å². The fourth-order valence-corrected chi connectivity index (χ4v) is 7.04. The van der Waals surface area contributed by atoms with Gasteiger partial charge in [-0.1, -0.05) is 195 Å². The molecule has 0 aliphatic heterocycles. The summed E-state index contributed by atoms with van der Waals surface area (Å²) in [5.74, 6) is 0.0459. The minimum atomic E-state index is -2.09. The quantitative estimate of drug-likeness (QED) is 0.0346. The molecule has 0 unspecified atom stereocenters. The molecule has 0 aliphatic carbocycles. The van der Waals surface area contributed by atoms with Gasteiger partial charge in [-0.05, 0) is 37.4 Å². The summed E-state index contributed by atoms with van der Waals surface area (Å²) in [6.07, 6.45) is 37.1. The van der Waals surface area contributed by atoms with E-state index in [2.05, 4.69) is 47.7 Å². The van der Waals surface area contributed by atoms with Crippen LogP contribution in [-0.4, -0.2) is 19.4 Å². The van der Waals surface area contributed by atoms with E-state index in [1.54, 1.807) is 0 Å². The van der Waals surface area contributed by atoms with Gasteiger partial charge in [0.05, 0.1) is 11.3 Å². The topological polar surface area (TPSA) is 46.5 Å². The summed E-state index contributed by atoms with van der Waals surface area (Å²) in [6.45, 7) is 15.8. The van der Waals surface area contributed by atoms with Crippen LogP contribution < -0.4 is 0 Å². The summed E-state index contributed by atoms with van der Waals surface area (Å²) < 4.78 is 6.74. The molecule has 0 fully saturated rings. The van der Waals surface area contributed by atoms with Crippen molar-refractivity contribution in [1.29, 1.82) is 0 Å². The number of aliphatic carboxylic acids is 1. The predicted molar refractivity (Wildman–Crippen MR) is 198 cm³/mol. The van der Waals surface area contributed by atoms with Gasteiger partial charge in [0.2, 0.25) is 8.32 Å². The van der Waals surface area contributed by atoms with E-state index < -0.39 is 14.3 Å². The molecule has 1 N–H and O–H groups in total. The van der Waals surface area contributed by atoms with Crippen LogP contribution in [0.4, 0.5) is 0 Å². The van der Waals surface area contributed by atoms with Crippen molar-refractivity contribution in [2.45, 2.75) is 239 Å². The highest BCUT2D eigenvalue weighted by atomic mass is 28.4. The Hall–Kier alpha value is -0.773. The summed E-state index contributed by atoms with van der Waals surface area (Å²) in [5, 5.41) is 10.3. The average Bonchev–Trinajstić information content (AvgIpc) is 2.96. The molecule has 0 atom stereocenters. The van der Waals surface area contributed by atoms with Gasteiger partial charge in [-0.3, -0.25) is 0 Å². The third kappa shape index (κ3) is 24.5. The Morgan fingerprint density at radius 3 is 1.05 bits per heavy atom. The number of carbonyl (C=O) groups is 1. The number of carboxylic acid groups (broad SMARTS) is 1. The van der Waals surface area contributed by atoms with Crippen molar-refractivity contribution in [3.8, 4) is 0 Å². The van der Waals surface area contributed by atoms with Gasteiger partial charge in [-0.15, -0.1) is 0 Å². The Bertz CT molecular complexity index is 691. The molecule has 0 amide bonds. The Labute approximate surface area is 278 Å². The molecule has 0 aromatic carbocycles. The lowest BCUT2D eigenvalue weighted by molar-refractivity contribution is -0.133. The van der Waals surface area contributed by atoms with Gasteiger partial charge in [-0.25, -0.2) is 4.79 Å². The average molecular weight is 637 g/mol. The van der Waals surface area contributed by atoms with Gasteiger partial charge in [0, 0.05) is 6.42 Å². The molecule has 0 spiro atoms. The van der Waals surface area contributed by atoms with Crippen molar-refractivity contribution in [3.05, 3.63) is 11.3 Å². The zero-order chi connectivity index (χ0) is 32.9. The van der Waals surface area contributed by atoms with E-state index in [9.17, 15) is 9.90 Å². The Morgan fingerprint density at radius 1 is 0.500 bits per heavy atom. The van der Waals surface area contributed by atoms with Gasteiger partial charge < -0.3 is 9.53 Å². The normalized spacial score (nSPS) is 12.9. The maximum Gasteiger partial charge on any atom is 0.334 e. The molecule has 44 heavy (non-hydrogen) atoms. The van der Waals surface area contributed by atoms with Crippen LogP contribution in [0.25, 0.3) is 0 Å². The van der Waals surface area contributed by atoms with E-state index in [1.165, 1.54) is 154 Å². The molecule has 0 aromatic rings.